The maximum atomic E-state index is 12.9. The van der Waals surface area contributed by atoms with E-state index in [1.54, 1.807) is 43.0 Å². The first-order chi connectivity index (χ1) is 11.8. The van der Waals surface area contributed by atoms with E-state index in [1.165, 1.54) is 4.31 Å². The molecule has 7 heteroatoms. The van der Waals surface area contributed by atoms with E-state index < -0.39 is 10.0 Å². The van der Waals surface area contributed by atoms with Gasteiger partial charge in [0.05, 0.1) is 4.90 Å². The molecule has 2 aromatic rings. The number of furan rings is 1. The molecule has 1 fully saturated rings. The van der Waals surface area contributed by atoms with Crippen LogP contribution in [0.4, 0.5) is 0 Å². The zero-order valence-corrected chi connectivity index (χ0v) is 15.5. The first-order valence-corrected chi connectivity index (χ1v) is 9.66. The van der Waals surface area contributed by atoms with Gasteiger partial charge in [-0.2, -0.15) is 4.31 Å². The highest BCUT2D eigenvalue weighted by Gasteiger charge is 2.31. The molecule has 3 rings (SSSR count). The second-order valence-corrected chi connectivity index (χ2v) is 8.28. The van der Waals surface area contributed by atoms with Crippen LogP contribution in [0.15, 0.2) is 39.6 Å². The number of sulfonamides is 1. The van der Waals surface area contributed by atoms with Crippen LogP contribution >= 0.6 is 0 Å². The Kier molecular flexibility index (Phi) is 4.71. The Morgan fingerprint density at radius 1 is 1.00 bits per heavy atom. The molecule has 1 saturated heterocycles. The summed E-state index contributed by atoms with van der Waals surface area (Å²) in [4.78, 5) is 14.4. The molecule has 0 aliphatic carbocycles. The molecule has 1 aliphatic rings. The molecular formula is C18H22N2O4S. The first kappa shape index (κ1) is 17.7. The molecule has 0 unspecified atom stereocenters. The van der Waals surface area contributed by atoms with Gasteiger partial charge < -0.3 is 9.32 Å². The Morgan fingerprint density at radius 3 is 2.24 bits per heavy atom. The van der Waals surface area contributed by atoms with E-state index in [0.29, 0.717) is 29.5 Å². The summed E-state index contributed by atoms with van der Waals surface area (Å²) in [7, 11) is -3.55. The number of hydrogen-bond acceptors (Lipinski definition) is 4. The number of rotatable bonds is 3. The topological polar surface area (TPSA) is 70.8 Å². The predicted molar refractivity (Wildman–Crippen MR) is 94.0 cm³/mol. The highest BCUT2D eigenvalue weighted by atomic mass is 32.2. The summed E-state index contributed by atoms with van der Waals surface area (Å²) in [5.74, 6) is 0.777. The molecule has 0 radical (unpaired) electrons. The lowest BCUT2D eigenvalue weighted by molar-refractivity contribution is 0.0664. The smallest absolute Gasteiger partial charge is 0.289 e. The number of carbonyl (C=O) groups is 1. The van der Waals surface area contributed by atoms with Crippen LogP contribution in [0.5, 0.6) is 0 Å². The van der Waals surface area contributed by atoms with Gasteiger partial charge in [-0.05, 0) is 44.5 Å². The number of aryl methyl sites for hydroxylation is 3. The molecule has 1 amide bonds. The summed E-state index contributed by atoms with van der Waals surface area (Å²) < 4.78 is 32.6. The Hall–Kier alpha value is -2.12. The van der Waals surface area contributed by atoms with Crippen LogP contribution < -0.4 is 0 Å². The van der Waals surface area contributed by atoms with Crippen LogP contribution in [-0.2, 0) is 10.0 Å². The summed E-state index contributed by atoms with van der Waals surface area (Å²) in [5, 5.41) is 0. The van der Waals surface area contributed by atoms with Crippen molar-refractivity contribution in [3.63, 3.8) is 0 Å². The van der Waals surface area contributed by atoms with Crippen LogP contribution in [-0.4, -0.2) is 49.7 Å². The maximum Gasteiger partial charge on any atom is 0.289 e. The lowest BCUT2D eigenvalue weighted by Crippen LogP contribution is -2.50. The zero-order valence-electron chi connectivity index (χ0n) is 14.7. The molecule has 1 aliphatic heterocycles. The fourth-order valence-electron chi connectivity index (χ4n) is 3.06. The molecule has 0 saturated carbocycles. The number of carbonyl (C=O) groups excluding carboxylic acids is 1. The molecule has 0 bridgehead atoms. The molecule has 6 nitrogen and oxygen atoms in total. The minimum absolute atomic E-state index is 0.198. The molecule has 0 spiro atoms. The number of hydrogen-bond donors (Lipinski definition) is 0. The minimum Gasteiger partial charge on any atom is -0.456 e. The molecule has 25 heavy (non-hydrogen) atoms. The van der Waals surface area contributed by atoms with Gasteiger partial charge in [-0.15, -0.1) is 0 Å². The predicted octanol–water partition coefficient (Wildman–Crippen LogP) is 2.35. The van der Waals surface area contributed by atoms with Gasteiger partial charge in [-0.25, -0.2) is 8.42 Å². The average molecular weight is 362 g/mol. The monoisotopic (exact) mass is 362 g/mol. The Balaban J connectivity index is 1.72. The van der Waals surface area contributed by atoms with Gasteiger partial charge >= 0.3 is 0 Å². The van der Waals surface area contributed by atoms with E-state index in [-0.39, 0.29) is 19.0 Å². The zero-order chi connectivity index (χ0) is 18.2. The Morgan fingerprint density at radius 2 is 1.68 bits per heavy atom. The van der Waals surface area contributed by atoms with Crippen molar-refractivity contribution in [2.24, 2.45) is 0 Å². The minimum atomic E-state index is -3.55. The molecular weight excluding hydrogens is 340 g/mol. The number of amides is 1. The summed E-state index contributed by atoms with van der Waals surface area (Å²) in [6.45, 7) is 6.78. The molecule has 2 heterocycles. The van der Waals surface area contributed by atoms with Crippen molar-refractivity contribution >= 4 is 15.9 Å². The second kappa shape index (κ2) is 6.65. The number of piperazine rings is 1. The van der Waals surface area contributed by atoms with Crippen LogP contribution in [0.3, 0.4) is 0 Å². The van der Waals surface area contributed by atoms with Crippen molar-refractivity contribution in [2.45, 2.75) is 25.7 Å². The third-order valence-electron chi connectivity index (χ3n) is 4.43. The summed E-state index contributed by atoms with van der Waals surface area (Å²) in [6.07, 6.45) is 0. The lowest BCUT2D eigenvalue weighted by atomic mass is 10.2. The average Bonchev–Trinajstić information content (AvgIpc) is 3.00. The van der Waals surface area contributed by atoms with Gasteiger partial charge in [0, 0.05) is 26.2 Å². The van der Waals surface area contributed by atoms with Crippen molar-refractivity contribution in [3.8, 4) is 0 Å². The summed E-state index contributed by atoms with van der Waals surface area (Å²) >= 11 is 0. The van der Waals surface area contributed by atoms with Gasteiger partial charge in [0.25, 0.3) is 5.91 Å². The lowest BCUT2D eigenvalue weighted by Gasteiger charge is -2.33. The first-order valence-electron chi connectivity index (χ1n) is 8.22. The maximum absolute atomic E-state index is 12.9. The third kappa shape index (κ3) is 3.48. The molecule has 134 valence electrons. The van der Waals surface area contributed by atoms with Crippen molar-refractivity contribution < 1.29 is 17.6 Å². The van der Waals surface area contributed by atoms with Crippen LogP contribution in [0.25, 0.3) is 0 Å². The largest absolute Gasteiger partial charge is 0.456 e. The standard InChI is InChI=1S/C18H22N2O4S/c1-13-4-7-17(14(2)12-13)25(22,23)20-10-8-19(9-11-20)18(21)16-6-5-15(3)24-16/h4-7,12H,8-11H2,1-3H3. The quantitative estimate of drug-likeness (QED) is 0.840. The van der Waals surface area contributed by atoms with E-state index in [0.717, 1.165) is 11.1 Å². The molecule has 0 N–H and O–H groups in total. The van der Waals surface area contributed by atoms with E-state index in [2.05, 4.69) is 0 Å². The van der Waals surface area contributed by atoms with Gasteiger partial charge in [-0.3, -0.25) is 4.79 Å². The van der Waals surface area contributed by atoms with Crippen LogP contribution in [0, 0.1) is 20.8 Å². The van der Waals surface area contributed by atoms with Crippen molar-refractivity contribution in [3.05, 3.63) is 53.0 Å². The van der Waals surface area contributed by atoms with Crippen LogP contribution in [0.1, 0.15) is 27.4 Å². The highest BCUT2D eigenvalue weighted by molar-refractivity contribution is 7.89. The molecule has 1 aromatic carbocycles. The SMILES string of the molecule is Cc1ccc(S(=O)(=O)N2CCN(C(=O)c3ccc(C)o3)CC2)c(C)c1. The Bertz CT molecular complexity index is 894. The van der Waals surface area contributed by atoms with E-state index in [1.807, 2.05) is 13.0 Å². The molecule has 0 atom stereocenters. The third-order valence-corrected chi connectivity index (χ3v) is 6.48. The fourth-order valence-corrected chi connectivity index (χ4v) is 4.69. The summed E-state index contributed by atoms with van der Waals surface area (Å²) in [5.41, 5.74) is 1.77. The highest BCUT2D eigenvalue weighted by Crippen LogP contribution is 2.22. The number of benzene rings is 1. The van der Waals surface area contributed by atoms with Crippen molar-refractivity contribution in [1.82, 2.24) is 9.21 Å². The van der Waals surface area contributed by atoms with E-state index in [9.17, 15) is 13.2 Å². The van der Waals surface area contributed by atoms with Gasteiger partial charge in [0.15, 0.2) is 5.76 Å². The van der Waals surface area contributed by atoms with E-state index in [4.69, 9.17) is 4.42 Å². The number of nitrogens with zero attached hydrogens (tertiary/aromatic N) is 2. The van der Waals surface area contributed by atoms with Crippen molar-refractivity contribution in [1.29, 1.82) is 0 Å². The van der Waals surface area contributed by atoms with E-state index >= 15 is 0 Å². The Labute approximate surface area is 148 Å². The fraction of sp³-hybridized carbons (Fsp3) is 0.389. The van der Waals surface area contributed by atoms with Gasteiger partial charge in [-0.1, -0.05) is 17.7 Å². The molecule has 1 aromatic heterocycles. The van der Waals surface area contributed by atoms with Gasteiger partial charge in [0.1, 0.15) is 5.76 Å². The summed E-state index contributed by atoms with van der Waals surface area (Å²) in [6, 6.07) is 8.72. The van der Waals surface area contributed by atoms with Gasteiger partial charge in [0.2, 0.25) is 10.0 Å². The van der Waals surface area contributed by atoms with Crippen molar-refractivity contribution in [2.75, 3.05) is 26.2 Å². The normalized spacial score (nSPS) is 16.2. The van der Waals surface area contributed by atoms with Crippen LogP contribution in [0.2, 0.25) is 0 Å². The second-order valence-electron chi connectivity index (χ2n) is 6.38.